The first-order valence-corrected chi connectivity index (χ1v) is 8.79. The quantitative estimate of drug-likeness (QED) is 0.281. The Kier molecular flexibility index (Phi) is 15.5. The van der Waals surface area contributed by atoms with Gasteiger partial charge in [0.15, 0.2) is 0 Å². The Morgan fingerprint density at radius 3 is 2.50 bits per heavy atom. The molecule has 0 saturated carbocycles. The van der Waals surface area contributed by atoms with Crippen LogP contribution in [-0.4, -0.2) is 24.3 Å². The van der Waals surface area contributed by atoms with Gasteiger partial charge in [-0.15, -0.1) is 0 Å². The zero-order chi connectivity index (χ0) is 16.5. The summed E-state index contributed by atoms with van der Waals surface area (Å²) >= 11 is 0. The Bertz CT molecular complexity index is 308. The third kappa shape index (κ3) is 15.3. The molecule has 0 aromatic rings. The van der Waals surface area contributed by atoms with Gasteiger partial charge in [-0.1, -0.05) is 69.8 Å². The lowest BCUT2D eigenvalue weighted by molar-refractivity contribution is -0.140. The van der Waals surface area contributed by atoms with Crippen molar-refractivity contribution in [3.8, 4) is 0 Å². The third-order valence-corrected chi connectivity index (χ3v) is 3.66. The van der Waals surface area contributed by atoms with E-state index in [9.17, 15) is 9.90 Å². The Morgan fingerprint density at radius 2 is 1.77 bits per heavy atom. The number of hydrogen-bond acceptors (Lipinski definition) is 3. The monoisotopic (exact) mass is 310 g/mol. The third-order valence-electron chi connectivity index (χ3n) is 3.66. The molecule has 22 heavy (non-hydrogen) atoms. The summed E-state index contributed by atoms with van der Waals surface area (Å²) in [6.45, 7) is 2.21. The normalized spacial score (nSPS) is 13.0. The van der Waals surface area contributed by atoms with E-state index in [-0.39, 0.29) is 12.1 Å². The number of aliphatic hydroxyl groups is 1. The summed E-state index contributed by atoms with van der Waals surface area (Å²) in [7, 11) is 1.43. The van der Waals surface area contributed by atoms with Crippen molar-refractivity contribution in [2.24, 2.45) is 0 Å². The number of carbonyl (C=O) groups excluding carboxylic acids is 1. The molecule has 0 heterocycles. The number of allylic oxidation sites excluding steroid dienone is 3. The van der Waals surface area contributed by atoms with E-state index in [0.717, 1.165) is 44.9 Å². The minimum atomic E-state index is -0.338. The maximum atomic E-state index is 10.9. The molecule has 0 radical (unpaired) electrons. The molecule has 0 saturated heterocycles. The number of carbonyl (C=O) groups is 1. The standard InChI is InChI=1S/C19H34O3/c1-3-4-5-6-7-9-12-15-18(20)16-13-10-8-11-14-17-19(21)22-2/h7,9,12,15,18,20H,3-6,8,10-11,13-14,16-17H2,1-2H3/t18-/m0/s1. The summed E-state index contributed by atoms with van der Waals surface area (Å²) in [5, 5.41) is 9.82. The van der Waals surface area contributed by atoms with E-state index < -0.39 is 0 Å². The highest BCUT2D eigenvalue weighted by Gasteiger charge is 2.00. The predicted molar refractivity (Wildman–Crippen MR) is 92.8 cm³/mol. The van der Waals surface area contributed by atoms with Crippen molar-refractivity contribution in [1.29, 1.82) is 0 Å². The van der Waals surface area contributed by atoms with E-state index in [2.05, 4.69) is 17.7 Å². The van der Waals surface area contributed by atoms with Crippen molar-refractivity contribution in [2.45, 2.75) is 83.7 Å². The Balaban J connectivity index is 3.41. The fourth-order valence-corrected chi connectivity index (χ4v) is 2.23. The SMILES string of the molecule is CCCCCC=CC=C[C@H](O)CCCCCCCC(=O)OC. The van der Waals surface area contributed by atoms with E-state index in [1.165, 1.54) is 26.4 Å². The molecule has 0 aliphatic heterocycles. The van der Waals surface area contributed by atoms with Crippen LogP contribution < -0.4 is 0 Å². The van der Waals surface area contributed by atoms with Crippen LogP contribution in [0.3, 0.4) is 0 Å². The minimum Gasteiger partial charge on any atom is -0.469 e. The van der Waals surface area contributed by atoms with Crippen LogP contribution in [-0.2, 0) is 9.53 Å². The molecule has 0 amide bonds. The molecular weight excluding hydrogens is 276 g/mol. The van der Waals surface area contributed by atoms with Crippen molar-refractivity contribution in [3.05, 3.63) is 24.3 Å². The molecule has 1 atom stereocenters. The molecule has 0 bridgehead atoms. The number of esters is 1. The fourth-order valence-electron chi connectivity index (χ4n) is 2.23. The van der Waals surface area contributed by atoms with E-state index >= 15 is 0 Å². The van der Waals surface area contributed by atoms with Gasteiger partial charge >= 0.3 is 5.97 Å². The van der Waals surface area contributed by atoms with Crippen molar-refractivity contribution >= 4 is 5.97 Å². The fraction of sp³-hybridized carbons (Fsp3) is 0.737. The van der Waals surface area contributed by atoms with E-state index in [1.807, 2.05) is 18.2 Å². The lowest BCUT2D eigenvalue weighted by Gasteiger charge is -2.05. The van der Waals surface area contributed by atoms with Gasteiger partial charge < -0.3 is 9.84 Å². The van der Waals surface area contributed by atoms with Crippen LogP contribution in [0.4, 0.5) is 0 Å². The van der Waals surface area contributed by atoms with Crippen molar-refractivity contribution in [1.82, 2.24) is 0 Å². The zero-order valence-electron chi connectivity index (χ0n) is 14.4. The molecule has 0 aromatic carbocycles. The maximum absolute atomic E-state index is 10.9. The first-order valence-electron chi connectivity index (χ1n) is 8.79. The van der Waals surface area contributed by atoms with Gasteiger partial charge in [-0.2, -0.15) is 0 Å². The second-order valence-corrected chi connectivity index (χ2v) is 5.76. The average molecular weight is 310 g/mol. The molecule has 3 nitrogen and oxygen atoms in total. The van der Waals surface area contributed by atoms with Gasteiger partial charge in [0.05, 0.1) is 13.2 Å². The van der Waals surface area contributed by atoms with Crippen molar-refractivity contribution in [3.63, 3.8) is 0 Å². The van der Waals surface area contributed by atoms with E-state index in [4.69, 9.17) is 0 Å². The Morgan fingerprint density at radius 1 is 1.05 bits per heavy atom. The molecule has 128 valence electrons. The van der Waals surface area contributed by atoms with E-state index in [1.54, 1.807) is 0 Å². The van der Waals surface area contributed by atoms with Crippen molar-refractivity contribution in [2.75, 3.05) is 7.11 Å². The first-order chi connectivity index (χ1) is 10.7. The highest BCUT2D eigenvalue weighted by molar-refractivity contribution is 5.68. The average Bonchev–Trinajstić information content (AvgIpc) is 2.52. The number of rotatable bonds is 14. The van der Waals surface area contributed by atoms with Gasteiger partial charge in [0.1, 0.15) is 0 Å². The molecule has 1 N–H and O–H groups in total. The molecule has 0 fully saturated rings. The molecular formula is C19H34O3. The van der Waals surface area contributed by atoms with Gasteiger partial charge in [-0.05, 0) is 25.7 Å². The molecule has 0 unspecified atom stereocenters. The lowest BCUT2D eigenvalue weighted by Crippen LogP contribution is -2.01. The molecule has 0 aromatic heterocycles. The van der Waals surface area contributed by atoms with Crippen LogP contribution in [0.2, 0.25) is 0 Å². The number of aliphatic hydroxyl groups excluding tert-OH is 1. The number of ether oxygens (including phenoxy) is 1. The molecule has 0 rings (SSSR count). The largest absolute Gasteiger partial charge is 0.469 e. The van der Waals surface area contributed by atoms with Crippen LogP contribution >= 0.6 is 0 Å². The Labute approximate surface area is 136 Å². The summed E-state index contributed by atoms with van der Waals surface area (Å²) in [4.78, 5) is 10.9. The summed E-state index contributed by atoms with van der Waals surface area (Å²) in [5.74, 6) is -0.122. The van der Waals surface area contributed by atoms with Crippen LogP contribution in [0, 0.1) is 0 Å². The summed E-state index contributed by atoms with van der Waals surface area (Å²) in [5.41, 5.74) is 0. The van der Waals surface area contributed by atoms with Crippen LogP contribution in [0.25, 0.3) is 0 Å². The molecule has 3 heteroatoms. The predicted octanol–water partition coefficient (Wildman–Crippen LogP) is 4.94. The van der Waals surface area contributed by atoms with Gasteiger partial charge in [0.2, 0.25) is 0 Å². The van der Waals surface area contributed by atoms with Gasteiger partial charge in [-0.25, -0.2) is 0 Å². The molecule has 0 aliphatic carbocycles. The number of methoxy groups -OCH3 is 1. The van der Waals surface area contributed by atoms with Crippen LogP contribution in [0.5, 0.6) is 0 Å². The van der Waals surface area contributed by atoms with Gasteiger partial charge in [-0.3, -0.25) is 4.79 Å². The topological polar surface area (TPSA) is 46.5 Å². The maximum Gasteiger partial charge on any atom is 0.305 e. The lowest BCUT2D eigenvalue weighted by atomic mass is 10.1. The number of unbranched alkanes of at least 4 members (excludes halogenated alkanes) is 7. The van der Waals surface area contributed by atoms with Crippen LogP contribution in [0.1, 0.15) is 77.6 Å². The summed E-state index contributed by atoms with van der Waals surface area (Å²) < 4.78 is 4.60. The second-order valence-electron chi connectivity index (χ2n) is 5.76. The summed E-state index contributed by atoms with van der Waals surface area (Å²) in [6, 6.07) is 0. The highest BCUT2D eigenvalue weighted by Crippen LogP contribution is 2.10. The van der Waals surface area contributed by atoms with Gasteiger partial charge in [0, 0.05) is 6.42 Å². The zero-order valence-corrected chi connectivity index (χ0v) is 14.4. The van der Waals surface area contributed by atoms with Gasteiger partial charge in [0.25, 0.3) is 0 Å². The van der Waals surface area contributed by atoms with Crippen molar-refractivity contribution < 1.29 is 14.6 Å². The summed E-state index contributed by atoms with van der Waals surface area (Å²) in [6.07, 6.45) is 19.2. The smallest absolute Gasteiger partial charge is 0.305 e. The number of hydrogen-bond donors (Lipinski definition) is 1. The molecule has 0 aliphatic rings. The first kappa shape index (κ1) is 20.9. The minimum absolute atomic E-state index is 0.122. The van der Waals surface area contributed by atoms with E-state index in [0.29, 0.717) is 6.42 Å². The Hall–Kier alpha value is -1.09. The second kappa shape index (κ2) is 16.3. The highest BCUT2D eigenvalue weighted by atomic mass is 16.5. The molecule has 0 spiro atoms. The van der Waals surface area contributed by atoms with Crippen LogP contribution in [0.15, 0.2) is 24.3 Å².